The quantitative estimate of drug-likeness (QED) is 0.530. The molecule has 1 aromatic rings. The maximum absolute atomic E-state index is 3.85. The Balaban J connectivity index is 2.47. The van der Waals surface area contributed by atoms with Gasteiger partial charge in [-0.3, -0.25) is 0 Å². The normalized spacial score (nSPS) is 20.3. The van der Waals surface area contributed by atoms with Crippen LogP contribution in [-0.2, 0) is 19.3 Å². The van der Waals surface area contributed by atoms with Crippen LogP contribution >= 0.6 is 15.9 Å². The Morgan fingerprint density at radius 2 is 1.81 bits per heavy atom. The van der Waals surface area contributed by atoms with Crippen molar-refractivity contribution in [2.75, 3.05) is 0 Å². The highest BCUT2D eigenvalue weighted by atomic mass is 79.9. The zero-order valence-corrected chi connectivity index (χ0v) is 11.9. The molecule has 1 heteroatoms. The summed E-state index contributed by atoms with van der Waals surface area (Å²) in [5.41, 5.74) is 6.26. The molecule has 0 saturated heterocycles. The van der Waals surface area contributed by atoms with E-state index in [0.29, 0.717) is 4.83 Å². The van der Waals surface area contributed by atoms with Crippen LogP contribution in [0.1, 0.15) is 60.2 Å². The van der Waals surface area contributed by atoms with Crippen LogP contribution in [0.3, 0.4) is 0 Å². The van der Waals surface area contributed by atoms with Crippen molar-refractivity contribution >= 4 is 15.9 Å². The molecule has 0 aromatic heterocycles. The van der Waals surface area contributed by atoms with Crippen LogP contribution in [0.2, 0.25) is 0 Å². The smallest absolute Gasteiger partial charge is 0.0398 e. The highest BCUT2D eigenvalue weighted by Crippen LogP contribution is 2.36. The summed E-state index contributed by atoms with van der Waals surface area (Å²) in [6.45, 7) is 4.53. The minimum atomic E-state index is 0.584. The molecule has 1 aromatic carbocycles. The summed E-state index contributed by atoms with van der Waals surface area (Å²) in [6, 6.07) is 4.92. The van der Waals surface area contributed by atoms with Gasteiger partial charge in [0.05, 0.1) is 0 Å². The van der Waals surface area contributed by atoms with E-state index in [2.05, 4.69) is 41.9 Å². The predicted octanol–water partition coefficient (Wildman–Crippen LogP) is 4.97. The van der Waals surface area contributed by atoms with E-state index in [4.69, 9.17) is 0 Å². The first kappa shape index (κ1) is 12.2. The van der Waals surface area contributed by atoms with Gasteiger partial charge in [-0.1, -0.05) is 48.3 Å². The van der Waals surface area contributed by atoms with Crippen LogP contribution in [0.5, 0.6) is 0 Å². The molecule has 2 rings (SSSR count). The number of rotatable bonds is 2. The molecule has 0 heterocycles. The van der Waals surface area contributed by atoms with E-state index in [-0.39, 0.29) is 0 Å². The highest BCUT2D eigenvalue weighted by Gasteiger charge is 2.17. The SMILES string of the molecule is CCc1cc2c(cc1CC)C(Br)CCCC2. The van der Waals surface area contributed by atoms with Gasteiger partial charge in [0.2, 0.25) is 0 Å². The Morgan fingerprint density at radius 1 is 1.12 bits per heavy atom. The van der Waals surface area contributed by atoms with E-state index >= 15 is 0 Å². The number of halogens is 1. The van der Waals surface area contributed by atoms with Crippen LogP contribution in [0.4, 0.5) is 0 Å². The maximum Gasteiger partial charge on any atom is 0.0398 e. The van der Waals surface area contributed by atoms with E-state index in [9.17, 15) is 0 Å². The molecule has 88 valence electrons. The number of hydrogen-bond donors (Lipinski definition) is 0. The number of aryl methyl sites for hydroxylation is 3. The van der Waals surface area contributed by atoms with Crippen molar-refractivity contribution in [3.05, 3.63) is 34.4 Å². The average Bonchev–Trinajstić information content (AvgIpc) is 2.49. The van der Waals surface area contributed by atoms with Gasteiger partial charge in [-0.2, -0.15) is 0 Å². The second-order valence-corrected chi connectivity index (χ2v) is 5.85. The third kappa shape index (κ3) is 2.34. The van der Waals surface area contributed by atoms with Crippen molar-refractivity contribution < 1.29 is 0 Å². The standard InChI is InChI=1S/C15H21Br/c1-3-11-9-13-7-5-6-8-15(16)14(13)10-12(11)4-2/h9-10,15H,3-8H2,1-2H3. The van der Waals surface area contributed by atoms with Crippen LogP contribution in [0, 0.1) is 0 Å². The molecule has 16 heavy (non-hydrogen) atoms. The number of benzene rings is 1. The van der Waals surface area contributed by atoms with Gasteiger partial charge in [0.15, 0.2) is 0 Å². The molecule has 0 fully saturated rings. The van der Waals surface area contributed by atoms with Gasteiger partial charge >= 0.3 is 0 Å². The summed E-state index contributed by atoms with van der Waals surface area (Å²) in [6.07, 6.45) is 7.60. The summed E-state index contributed by atoms with van der Waals surface area (Å²) < 4.78 is 0. The molecule has 1 atom stereocenters. The second-order valence-electron chi connectivity index (χ2n) is 4.74. The lowest BCUT2D eigenvalue weighted by molar-refractivity contribution is 0.708. The molecule has 0 bridgehead atoms. The Hall–Kier alpha value is -0.300. The van der Waals surface area contributed by atoms with Crippen LogP contribution < -0.4 is 0 Å². The fraction of sp³-hybridized carbons (Fsp3) is 0.600. The van der Waals surface area contributed by atoms with Gasteiger partial charge in [0.25, 0.3) is 0 Å². The summed E-state index contributed by atoms with van der Waals surface area (Å²) in [5, 5.41) is 0. The molecule has 0 amide bonds. The number of hydrogen-bond acceptors (Lipinski definition) is 0. The molecule has 0 N–H and O–H groups in total. The minimum absolute atomic E-state index is 0.584. The fourth-order valence-electron chi connectivity index (χ4n) is 2.72. The third-order valence-electron chi connectivity index (χ3n) is 3.71. The largest absolute Gasteiger partial charge is 0.0839 e. The molecule has 1 unspecified atom stereocenters. The fourth-order valence-corrected chi connectivity index (χ4v) is 3.47. The molecular weight excluding hydrogens is 260 g/mol. The molecule has 0 nitrogen and oxygen atoms in total. The maximum atomic E-state index is 3.85. The van der Waals surface area contributed by atoms with E-state index in [1.54, 1.807) is 22.3 Å². The number of alkyl halides is 1. The van der Waals surface area contributed by atoms with Crippen molar-refractivity contribution in [3.8, 4) is 0 Å². The predicted molar refractivity (Wildman–Crippen MR) is 74.4 cm³/mol. The number of fused-ring (bicyclic) bond motifs is 1. The molecule has 1 aliphatic carbocycles. The molecule has 0 saturated carbocycles. The Morgan fingerprint density at radius 3 is 2.50 bits per heavy atom. The third-order valence-corrected chi connectivity index (χ3v) is 4.67. The summed E-state index contributed by atoms with van der Waals surface area (Å²) in [7, 11) is 0. The highest BCUT2D eigenvalue weighted by molar-refractivity contribution is 9.09. The Kier molecular flexibility index (Phi) is 4.07. The Labute approximate surface area is 108 Å². The zero-order valence-electron chi connectivity index (χ0n) is 10.4. The van der Waals surface area contributed by atoms with E-state index in [0.717, 1.165) is 6.42 Å². The lowest BCUT2D eigenvalue weighted by Crippen LogP contribution is -2.00. The molecular formula is C15H21Br. The first-order chi connectivity index (χ1) is 7.76. The summed E-state index contributed by atoms with van der Waals surface area (Å²) in [5.74, 6) is 0. The monoisotopic (exact) mass is 280 g/mol. The van der Waals surface area contributed by atoms with Crippen LogP contribution in [0.25, 0.3) is 0 Å². The van der Waals surface area contributed by atoms with Gasteiger partial charge in [-0.25, -0.2) is 0 Å². The van der Waals surface area contributed by atoms with Gasteiger partial charge in [-0.15, -0.1) is 0 Å². The zero-order chi connectivity index (χ0) is 11.5. The molecule has 0 aliphatic heterocycles. The Bertz CT molecular complexity index is 368. The molecule has 0 radical (unpaired) electrons. The van der Waals surface area contributed by atoms with Crippen molar-refractivity contribution in [2.45, 2.75) is 57.2 Å². The first-order valence-electron chi connectivity index (χ1n) is 6.54. The van der Waals surface area contributed by atoms with Crippen LogP contribution in [0.15, 0.2) is 12.1 Å². The van der Waals surface area contributed by atoms with Crippen molar-refractivity contribution in [1.29, 1.82) is 0 Å². The lowest BCUT2D eigenvalue weighted by atomic mass is 9.93. The van der Waals surface area contributed by atoms with E-state index in [1.165, 1.54) is 32.1 Å². The van der Waals surface area contributed by atoms with E-state index < -0.39 is 0 Å². The lowest BCUT2D eigenvalue weighted by Gasteiger charge is -2.16. The molecule has 1 aliphatic rings. The first-order valence-corrected chi connectivity index (χ1v) is 7.46. The minimum Gasteiger partial charge on any atom is -0.0839 e. The van der Waals surface area contributed by atoms with Crippen molar-refractivity contribution in [3.63, 3.8) is 0 Å². The topological polar surface area (TPSA) is 0 Å². The summed E-state index contributed by atoms with van der Waals surface area (Å²) in [4.78, 5) is 0.584. The van der Waals surface area contributed by atoms with Gasteiger partial charge in [-0.05, 0) is 54.4 Å². The van der Waals surface area contributed by atoms with Gasteiger partial charge in [0, 0.05) is 4.83 Å². The van der Waals surface area contributed by atoms with Gasteiger partial charge in [0.1, 0.15) is 0 Å². The molecule has 0 spiro atoms. The van der Waals surface area contributed by atoms with E-state index in [1.807, 2.05) is 0 Å². The average molecular weight is 281 g/mol. The van der Waals surface area contributed by atoms with Crippen molar-refractivity contribution in [2.24, 2.45) is 0 Å². The van der Waals surface area contributed by atoms with Crippen LogP contribution in [-0.4, -0.2) is 0 Å². The van der Waals surface area contributed by atoms with Gasteiger partial charge < -0.3 is 0 Å². The van der Waals surface area contributed by atoms with Crippen molar-refractivity contribution in [1.82, 2.24) is 0 Å². The summed E-state index contributed by atoms with van der Waals surface area (Å²) >= 11 is 3.85. The second kappa shape index (κ2) is 5.35.